The maximum atomic E-state index is 6.28. The van der Waals surface area contributed by atoms with Crippen LogP contribution in [0.15, 0.2) is 42.5 Å². The monoisotopic (exact) mass is 401 g/mol. The van der Waals surface area contributed by atoms with Crippen LogP contribution in [-0.2, 0) is 0 Å². The molecular formula is C16H17ClINO. The molecule has 2 nitrogen and oxygen atoms in total. The summed E-state index contributed by atoms with van der Waals surface area (Å²) in [6.45, 7) is 2.16. The van der Waals surface area contributed by atoms with Gasteiger partial charge in [-0.25, -0.2) is 0 Å². The van der Waals surface area contributed by atoms with Crippen LogP contribution < -0.4 is 10.1 Å². The Morgan fingerprint density at radius 1 is 1.20 bits per heavy atom. The van der Waals surface area contributed by atoms with E-state index in [9.17, 15) is 0 Å². The molecule has 0 amide bonds. The predicted molar refractivity (Wildman–Crippen MR) is 93.8 cm³/mol. The molecule has 0 heterocycles. The lowest BCUT2D eigenvalue weighted by molar-refractivity contribution is 0.414. The largest absolute Gasteiger partial charge is 0.497 e. The van der Waals surface area contributed by atoms with Gasteiger partial charge in [-0.05, 0) is 64.9 Å². The van der Waals surface area contributed by atoms with Gasteiger partial charge in [0.25, 0.3) is 0 Å². The highest BCUT2D eigenvalue weighted by atomic mass is 127. The van der Waals surface area contributed by atoms with Crippen LogP contribution in [-0.4, -0.2) is 7.11 Å². The average Bonchev–Trinajstić information content (AvgIpc) is 2.47. The molecule has 1 atom stereocenters. The van der Waals surface area contributed by atoms with E-state index in [1.165, 1.54) is 5.56 Å². The van der Waals surface area contributed by atoms with Gasteiger partial charge in [0.2, 0.25) is 0 Å². The fourth-order valence-corrected chi connectivity index (χ4v) is 2.96. The van der Waals surface area contributed by atoms with Crippen LogP contribution in [0.25, 0.3) is 0 Å². The summed E-state index contributed by atoms with van der Waals surface area (Å²) in [7, 11) is 1.68. The van der Waals surface area contributed by atoms with Crippen molar-refractivity contribution in [2.45, 2.75) is 19.4 Å². The van der Waals surface area contributed by atoms with Gasteiger partial charge in [0, 0.05) is 3.57 Å². The number of methoxy groups -OCH3 is 1. The maximum Gasteiger partial charge on any atom is 0.118 e. The summed E-state index contributed by atoms with van der Waals surface area (Å²) in [4.78, 5) is 0. The lowest BCUT2D eigenvalue weighted by Gasteiger charge is -2.20. The molecular weight excluding hydrogens is 385 g/mol. The van der Waals surface area contributed by atoms with E-state index in [1.807, 2.05) is 24.3 Å². The van der Waals surface area contributed by atoms with Gasteiger partial charge in [0.15, 0.2) is 0 Å². The summed E-state index contributed by atoms with van der Waals surface area (Å²) in [5.41, 5.74) is 2.19. The van der Waals surface area contributed by atoms with Crippen LogP contribution in [0, 0.1) is 3.57 Å². The second-order valence-electron chi connectivity index (χ2n) is 4.50. The van der Waals surface area contributed by atoms with E-state index >= 15 is 0 Å². The zero-order valence-corrected chi connectivity index (χ0v) is 14.4. The van der Waals surface area contributed by atoms with Gasteiger partial charge in [0.1, 0.15) is 5.75 Å². The quantitative estimate of drug-likeness (QED) is 0.666. The summed E-state index contributed by atoms with van der Waals surface area (Å²) in [5.74, 6) is 0.871. The molecule has 0 aliphatic carbocycles. The van der Waals surface area contributed by atoms with Crippen molar-refractivity contribution in [1.82, 2.24) is 0 Å². The molecule has 0 bridgehead atoms. The summed E-state index contributed by atoms with van der Waals surface area (Å²) in [6.07, 6.45) is 0.981. The molecule has 0 aliphatic heterocycles. The lowest BCUT2D eigenvalue weighted by Crippen LogP contribution is -2.10. The molecule has 0 saturated carbocycles. The Hall–Kier alpha value is -0.940. The van der Waals surface area contributed by atoms with E-state index in [1.54, 1.807) is 7.11 Å². The minimum Gasteiger partial charge on any atom is -0.497 e. The highest BCUT2D eigenvalue weighted by Crippen LogP contribution is 2.29. The van der Waals surface area contributed by atoms with Crippen molar-refractivity contribution in [2.75, 3.05) is 12.4 Å². The zero-order chi connectivity index (χ0) is 14.5. The first-order valence-corrected chi connectivity index (χ1v) is 7.95. The normalized spacial score (nSPS) is 12.0. The van der Waals surface area contributed by atoms with Crippen LogP contribution in [0.5, 0.6) is 5.75 Å². The van der Waals surface area contributed by atoms with E-state index in [2.05, 4.69) is 53.0 Å². The number of nitrogens with one attached hydrogen (secondary N) is 1. The lowest BCUT2D eigenvalue weighted by atomic mass is 10.0. The molecule has 0 aliphatic rings. The minimum atomic E-state index is 0.235. The van der Waals surface area contributed by atoms with Gasteiger partial charge in [-0.2, -0.15) is 0 Å². The van der Waals surface area contributed by atoms with Gasteiger partial charge in [-0.15, -0.1) is 0 Å². The molecule has 1 unspecified atom stereocenters. The van der Waals surface area contributed by atoms with Gasteiger partial charge < -0.3 is 10.1 Å². The van der Waals surface area contributed by atoms with Crippen molar-refractivity contribution >= 4 is 39.9 Å². The molecule has 4 heteroatoms. The molecule has 0 fully saturated rings. The Balaban J connectivity index is 2.19. The second-order valence-corrected chi connectivity index (χ2v) is 6.16. The van der Waals surface area contributed by atoms with Crippen molar-refractivity contribution in [2.24, 2.45) is 0 Å². The zero-order valence-electron chi connectivity index (χ0n) is 11.5. The van der Waals surface area contributed by atoms with E-state index in [-0.39, 0.29) is 6.04 Å². The molecule has 20 heavy (non-hydrogen) atoms. The van der Waals surface area contributed by atoms with Gasteiger partial charge in [0.05, 0.1) is 23.9 Å². The molecule has 0 spiro atoms. The first-order valence-electron chi connectivity index (χ1n) is 6.49. The molecule has 2 aromatic rings. The van der Waals surface area contributed by atoms with Crippen molar-refractivity contribution in [3.63, 3.8) is 0 Å². The maximum absolute atomic E-state index is 6.28. The Morgan fingerprint density at radius 3 is 2.45 bits per heavy atom. The highest BCUT2D eigenvalue weighted by molar-refractivity contribution is 14.1. The second kappa shape index (κ2) is 7.18. The van der Waals surface area contributed by atoms with Gasteiger partial charge >= 0.3 is 0 Å². The molecule has 1 N–H and O–H groups in total. The smallest absolute Gasteiger partial charge is 0.118 e. The molecule has 106 valence electrons. The van der Waals surface area contributed by atoms with Crippen LogP contribution in [0.3, 0.4) is 0 Å². The topological polar surface area (TPSA) is 21.3 Å². The Kier molecular flexibility index (Phi) is 5.54. The van der Waals surface area contributed by atoms with Crippen molar-refractivity contribution in [1.29, 1.82) is 0 Å². The summed E-state index contributed by atoms with van der Waals surface area (Å²) >= 11 is 8.54. The fraction of sp³-hybridized carbons (Fsp3) is 0.250. The average molecular weight is 402 g/mol. The first kappa shape index (κ1) is 15.4. The minimum absolute atomic E-state index is 0.235. The third kappa shape index (κ3) is 3.79. The Labute approximate surface area is 138 Å². The van der Waals surface area contributed by atoms with Crippen LogP contribution in [0.1, 0.15) is 24.9 Å². The Bertz CT molecular complexity index is 571. The van der Waals surface area contributed by atoms with Crippen LogP contribution >= 0.6 is 34.2 Å². The first-order chi connectivity index (χ1) is 9.63. The van der Waals surface area contributed by atoms with Gasteiger partial charge in [-0.3, -0.25) is 0 Å². The van der Waals surface area contributed by atoms with Crippen LogP contribution in [0.2, 0.25) is 5.02 Å². The highest BCUT2D eigenvalue weighted by Gasteiger charge is 2.11. The summed E-state index contributed by atoms with van der Waals surface area (Å²) in [5, 5.41) is 4.26. The van der Waals surface area contributed by atoms with E-state index in [0.717, 1.165) is 26.5 Å². The standard InChI is InChI=1S/C16H17ClINO/c1-3-15(11-4-7-13(20-2)8-5-11)19-16-9-6-12(18)10-14(16)17/h4-10,15,19H,3H2,1-2H3. The number of benzene rings is 2. The van der Waals surface area contributed by atoms with Gasteiger partial charge in [-0.1, -0.05) is 30.7 Å². The number of rotatable bonds is 5. The number of halogens is 2. The molecule has 0 aromatic heterocycles. The SMILES string of the molecule is CCC(Nc1ccc(I)cc1Cl)c1ccc(OC)cc1. The molecule has 2 aromatic carbocycles. The number of ether oxygens (including phenoxy) is 1. The summed E-state index contributed by atoms with van der Waals surface area (Å²) < 4.78 is 6.33. The number of anilines is 1. The molecule has 2 rings (SSSR count). The van der Waals surface area contributed by atoms with E-state index < -0.39 is 0 Å². The van der Waals surface area contributed by atoms with Crippen molar-refractivity contribution in [3.05, 3.63) is 56.6 Å². The van der Waals surface area contributed by atoms with E-state index in [4.69, 9.17) is 16.3 Å². The van der Waals surface area contributed by atoms with E-state index in [0.29, 0.717) is 0 Å². The number of hydrogen-bond acceptors (Lipinski definition) is 2. The Morgan fingerprint density at radius 2 is 1.90 bits per heavy atom. The third-order valence-electron chi connectivity index (χ3n) is 3.19. The number of hydrogen-bond donors (Lipinski definition) is 1. The van der Waals surface area contributed by atoms with Crippen molar-refractivity contribution in [3.8, 4) is 5.75 Å². The third-order valence-corrected chi connectivity index (χ3v) is 4.17. The molecule has 0 saturated heterocycles. The van der Waals surface area contributed by atoms with Crippen molar-refractivity contribution < 1.29 is 4.74 Å². The predicted octanol–water partition coefficient (Wildman–Crippen LogP) is 5.52. The summed E-state index contributed by atoms with van der Waals surface area (Å²) in [6, 6.07) is 14.4. The molecule has 0 radical (unpaired) electrons. The van der Waals surface area contributed by atoms with Crippen LogP contribution in [0.4, 0.5) is 5.69 Å². The fourth-order valence-electron chi connectivity index (χ4n) is 2.05.